The van der Waals surface area contributed by atoms with Crippen molar-refractivity contribution in [3.05, 3.63) is 205 Å². The molecule has 0 saturated carbocycles. The second-order valence-electron chi connectivity index (χ2n) is 12.9. The molecule has 1 heterocycles. The zero-order valence-corrected chi connectivity index (χ0v) is 29.2. The zero-order valence-electron chi connectivity index (χ0n) is 29.2. The summed E-state index contributed by atoms with van der Waals surface area (Å²) in [5, 5.41) is 7.48. The van der Waals surface area contributed by atoms with Crippen LogP contribution in [0.2, 0.25) is 0 Å². The molecule has 0 amide bonds. The number of benzene rings is 8. The Kier molecular flexibility index (Phi) is 10.3. The molecular weight excluding hydrogens is 633 g/mol. The fraction of sp³-hybridized carbons (Fsp3) is 0.0408. The first-order valence-corrected chi connectivity index (χ1v) is 17.4. The third-order valence-electron chi connectivity index (χ3n) is 9.18. The van der Waals surface area contributed by atoms with E-state index in [1.807, 2.05) is 18.2 Å². The van der Waals surface area contributed by atoms with Crippen LogP contribution in [-0.2, 0) is 6.42 Å². The summed E-state index contributed by atoms with van der Waals surface area (Å²) < 4.78 is 6.24. The van der Waals surface area contributed by atoms with Crippen molar-refractivity contribution in [2.45, 2.75) is 13.3 Å². The molecule has 0 atom stereocenters. The number of aryl methyl sites for hydroxylation is 1. The molecule has 9 rings (SSSR count). The van der Waals surface area contributed by atoms with E-state index in [9.17, 15) is 0 Å². The Hall–Kier alpha value is -6.71. The van der Waals surface area contributed by atoms with Crippen molar-refractivity contribution >= 4 is 39.4 Å². The lowest BCUT2D eigenvalue weighted by Gasteiger charge is -2.10. The fourth-order valence-electron chi connectivity index (χ4n) is 6.63. The lowest BCUT2D eigenvalue weighted by atomic mass is 9.94. The zero-order chi connectivity index (χ0) is 35.7. The SMILES string of the molecule is C=NN.Cc1ccccc1.c1ccc(Cc2cccc(-c3cccc(-c4cccc(-c5ccc6oc7cc8ccccc8cc7c6c5)c4)c3)c2)cc1. The first-order valence-electron chi connectivity index (χ1n) is 17.4. The van der Waals surface area contributed by atoms with Crippen LogP contribution in [0.15, 0.2) is 198 Å². The molecule has 8 aromatic carbocycles. The molecule has 0 aliphatic rings. The highest BCUT2D eigenvalue weighted by Crippen LogP contribution is 2.36. The molecule has 2 N–H and O–H groups in total. The van der Waals surface area contributed by atoms with Gasteiger partial charge in [-0.2, -0.15) is 5.10 Å². The molecule has 0 saturated heterocycles. The molecule has 0 unspecified atom stereocenters. The highest BCUT2D eigenvalue weighted by molar-refractivity contribution is 6.11. The summed E-state index contributed by atoms with van der Waals surface area (Å²) in [4.78, 5) is 0. The van der Waals surface area contributed by atoms with Crippen LogP contribution < -0.4 is 5.84 Å². The Morgan fingerprint density at radius 1 is 0.442 bits per heavy atom. The number of hydrazone groups is 1. The van der Waals surface area contributed by atoms with Crippen molar-refractivity contribution in [1.29, 1.82) is 0 Å². The van der Waals surface area contributed by atoms with E-state index in [2.05, 4.69) is 194 Å². The van der Waals surface area contributed by atoms with Crippen molar-refractivity contribution < 1.29 is 4.42 Å². The third kappa shape index (κ3) is 7.85. The minimum Gasteiger partial charge on any atom is -0.456 e. The lowest BCUT2D eigenvalue weighted by Crippen LogP contribution is -1.89. The number of nitrogens with two attached hydrogens (primary N) is 1. The van der Waals surface area contributed by atoms with Gasteiger partial charge in [-0.3, -0.25) is 0 Å². The smallest absolute Gasteiger partial charge is 0.136 e. The van der Waals surface area contributed by atoms with Crippen LogP contribution >= 0.6 is 0 Å². The van der Waals surface area contributed by atoms with Crippen molar-refractivity contribution in [3.63, 3.8) is 0 Å². The molecule has 3 heteroatoms. The summed E-state index contributed by atoms with van der Waals surface area (Å²) in [6.07, 6.45) is 0.933. The summed E-state index contributed by atoms with van der Waals surface area (Å²) in [6, 6.07) is 66.9. The summed E-state index contributed by atoms with van der Waals surface area (Å²) in [6.45, 7) is 4.97. The number of furan rings is 1. The van der Waals surface area contributed by atoms with E-state index >= 15 is 0 Å². The van der Waals surface area contributed by atoms with Crippen LogP contribution in [0.5, 0.6) is 0 Å². The van der Waals surface area contributed by atoms with Crippen LogP contribution in [0.3, 0.4) is 0 Å². The van der Waals surface area contributed by atoms with Crippen molar-refractivity contribution in [1.82, 2.24) is 0 Å². The summed E-state index contributed by atoms with van der Waals surface area (Å²) in [7, 11) is 0. The summed E-state index contributed by atoms with van der Waals surface area (Å²) in [5.74, 6) is 4.36. The molecule has 1 aromatic heterocycles. The lowest BCUT2D eigenvalue weighted by molar-refractivity contribution is 0.669. The topological polar surface area (TPSA) is 51.5 Å². The minimum absolute atomic E-state index is 0.919. The number of fused-ring (bicyclic) bond motifs is 4. The average Bonchev–Trinajstić information content (AvgIpc) is 3.55. The number of hydrogen-bond acceptors (Lipinski definition) is 3. The van der Waals surface area contributed by atoms with Gasteiger partial charge in [-0.25, -0.2) is 0 Å². The Bertz CT molecular complexity index is 2590. The van der Waals surface area contributed by atoms with E-state index in [1.54, 1.807) is 0 Å². The van der Waals surface area contributed by atoms with Gasteiger partial charge in [0.25, 0.3) is 0 Å². The van der Waals surface area contributed by atoms with Gasteiger partial charge in [0.2, 0.25) is 0 Å². The van der Waals surface area contributed by atoms with Gasteiger partial charge < -0.3 is 10.3 Å². The average molecular weight is 673 g/mol. The van der Waals surface area contributed by atoms with Gasteiger partial charge in [-0.05, 0) is 105 Å². The Balaban J connectivity index is 0.000000369. The first kappa shape index (κ1) is 33.8. The minimum atomic E-state index is 0.919. The largest absolute Gasteiger partial charge is 0.456 e. The maximum absolute atomic E-state index is 6.24. The van der Waals surface area contributed by atoms with Gasteiger partial charge >= 0.3 is 0 Å². The fourth-order valence-corrected chi connectivity index (χ4v) is 6.63. The van der Waals surface area contributed by atoms with Crippen molar-refractivity contribution in [2.75, 3.05) is 0 Å². The standard InChI is InChI=1S/C41H28O.C7H8.CH4N2/c1-2-9-28(10-3-1)21-29-11-6-14-30(22-29)31-15-7-16-32(23-31)33-17-8-18-34(24-33)37-19-20-40-38(26-37)39-25-35-12-4-5-13-36(35)27-41(39)42-40;1-7-5-3-2-4-6-7;1-3-2/h1-20,22-27H,21H2;2-6H,1H3;1-2H2. The maximum Gasteiger partial charge on any atom is 0.136 e. The van der Waals surface area contributed by atoms with E-state index in [-0.39, 0.29) is 0 Å². The molecule has 9 aromatic rings. The molecule has 0 radical (unpaired) electrons. The highest BCUT2D eigenvalue weighted by atomic mass is 16.3. The highest BCUT2D eigenvalue weighted by Gasteiger charge is 2.11. The second kappa shape index (κ2) is 15.9. The maximum atomic E-state index is 6.24. The van der Waals surface area contributed by atoms with Crippen LogP contribution in [0.1, 0.15) is 16.7 Å². The monoisotopic (exact) mass is 672 g/mol. The van der Waals surface area contributed by atoms with Crippen LogP contribution in [0, 0.1) is 6.92 Å². The molecule has 0 aliphatic heterocycles. The second-order valence-corrected chi connectivity index (χ2v) is 12.9. The Labute approximate surface area is 305 Å². The first-order chi connectivity index (χ1) is 25.6. The Morgan fingerprint density at radius 2 is 0.904 bits per heavy atom. The quantitative estimate of drug-likeness (QED) is 0.112. The van der Waals surface area contributed by atoms with E-state index in [1.165, 1.54) is 60.8 Å². The normalized spacial score (nSPS) is 10.6. The molecular formula is C49H40N2O. The molecule has 0 spiro atoms. The van der Waals surface area contributed by atoms with Crippen LogP contribution in [0.4, 0.5) is 0 Å². The molecule has 3 nitrogen and oxygen atoms in total. The van der Waals surface area contributed by atoms with E-state index in [4.69, 9.17) is 4.42 Å². The number of rotatable bonds is 5. The molecule has 0 fully saturated rings. The van der Waals surface area contributed by atoms with Gasteiger partial charge in [-0.1, -0.05) is 157 Å². The van der Waals surface area contributed by atoms with Crippen LogP contribution in [0.25, 0.3) is 66.1 Å². The van der Waals surface area contributed by atoms with Crippen molar-refractivity contribution in [2.24, 2.45) is 10.9 Å². The van der Waals surface area contributed by atoms with E-state index < -0.39 is 0 Å². The molecule has 252 valence electrons. The van der Waals surface area contributed by atoms with Crippen LogP contribution in [-0.4, -0.2) is 6.72 Å². The number of nitrogens with zero attached hydrogens (tertiary/aromatic N) is 1. The van der Waals surface area contributed by atoms with Crippen molar-refractivity contribution in [3.8, 4) is 33.4 Å². The van der Waals surface area contributed by atoms with E-state index in [0.717, 1.165) is 28.4 Å². The number of hydrogen-bond donors (Lipinski definition) is 1. The molecule has 0 aliphatic carbocycles. The van der Waals surface area contributed by atoms with Gasteiger partial charge in [0.15, 0.2) is 0 Å². The summed E-state index contributed by atoms with van der Waals surface area (Å²) >= 11 is 0. The van der Waals surface area contributed by atoms with Gasteiger partial charge in [-0.15, -0.1) is 0 Å². The molecule has 52 heavy (non-hydrogen) atoms. The van der Waals surface area contributed by atoms with Gasteiger partial charge in [0.1, 0.15) is 11.2 Å². The van der Waals surface area contributed by atoms with Gasteiger partial charge in [0, 0.05) is 17.5 Å². The van der Waals surface area contributed by atoms with E-state index in [0.29, 0.717) is 0 Å². The predicted molar refractivity (Wildman–Crippen MR) is 222 cm³/mol. The predicted octanol–water partition coefficient (Wildman–Crippen LogP) is 12.9. The molecule has 0 bridgehead atoms. The third-order valence-corrected chi connectivity index (χ3v) is 9.18. The van der Waals surface area contributed by atoms with Gasteiger partial charge in [0.05, 0.1) is 0 Å². The summed E-state index contributed by atoms with van der Waals surface area (Å²) in [5.41, 5.74) is 13.1. The Morgan fingerprint density at radius 3 is 1.48 bits per heavy atom.